The topological polar surface area (TPSA) is 90.5 Å². The number of benzene rings is 1. The van der Waals surface area contributed by atoms with E-state index in [0.717, 1.165) is 12.0 Å². The highest BCUT2D eigenvalue weighted by molar-refractivity contribution is 5.95. The van der Waals surface area contributed by atoms with E-state index in [1.807, 2.05) is 44.2 Å². The van der Waals surface area contributed by atoms with Crippen molar-refractivity contribution in [2.24, 2.45) is 7.05 Å². The number of carbonyl (C=O) groups is 1. The molecule has 0 aliphatic rings. The Hall–Kier alpha value is -3.42. The summed E-state index contributed by atoms with van der Waals surface area (Å²) >= 11 is 0. The maximum absolute atomic E-state index is 13.3. The summed E-state index contributed by atoms with van der Waals surface area (Å²) in [6.07, 6.45) is 3.15. The molecule has 0 N–H and O–H groups in total. The van der Waals surface area contributed by atoms with Crippen LogP contribution in [-0.4, -0.2) is 32.1 Å². The van der Waals surface area contributed by atoms with Crippen molar-refractivity contribution in [3.8, 4) is 5.75 Å². The van der Waals surface area contributed by atoms with Crippen LogP contribution in [-0.2, 0) is 26.6 Å². The molecule has 8 nitrogen and oxygen atoms in total. The number of ether oxygens (including phenoxy) is 1. The fourth-order valence-corrected chi connectivity index (χ4v) is 3.04. The summed E-state index contributed by atoms with van der Waals surface area (Å²) in [7, 11) is 1.71. The molecule has 0 spiro atoms. The second-order valence-corrected chi connectivity index (χ2v) is 6.92. The summed E-state index contributed by atoms with van der Waals surface area (Å²) in [5.41, 5.74) is 0.759. The highest BCUT2D eigenvalue weighted by atomic mass is 16.5. The van der Waals surface area contributed by atoms with E-state index in [9.17, 15) is 9.59 Å². The smallest absolute Gasteiger partial charge is 0.274 e. The third-order valence-corrected chi connectivity index (χ3v) is 4.64. The number of hydrogen-bond acceptors (Lipinski definition) is 6. The second-order valence-electron chi connectivity index (χ2n) is 6.92. The molecule has 0 radical (unpaired) electrons. The number of amides is 1. The summed E-state index contributed by atoms with van der Waals surface area (Å²) in [6.45, 7) is 4.67. The van der Waals surface area contributed by atoms with Crippen LogP contribution >= 0.6 is 0 Å². The van der Waals surface area contributed by atoms with Crippen molar-refractivity contribution in [2.45, 2.75) is 39.8 Å². The highest BCUT2D eigenvalue weighted by Gasteiger charge is 2.25. The predicted molar refractivity (Wildman–Crippen MR) is 111 cm³/mol. The number of aryl methyl sites for hydroxylation is 2. The summed E-state index contributed by atoms with van der Waals surface area (Å²) in [5.74, 6) is 0.686. The van der Waals surface area contributed by atoms with Gasteiger partial charge in [0.2, 0.25) is 11.3 Å². The first-order chi connectivity index (χ1) is 14.5. The number of aromatic nitrogens is 3. The first-order valence-electron chi connectivity index (χ1n) is 10.0. The number of rotatable bonds is 9. The van der Waals surface area contributed by atoms with Gasteiger partial charge in [-0.2, -0.15) is 4.98 Å². The van der Waals surface area contributed by atoms with E-state index in [2.05, 4.69) is 10.1 Å². The molecule has 1 aromatic carbocycles. The minimum Gasteiger partial charge on any atom is -0.483 e. The molecular formula is C22H26N4O4. The Morgan fingerprint density at radius 3 is 2.67 bits per heavy atom. The molecule has 0 aliphatic carbocycles. The lowest BCUT2D eigenvalue weighted by molar-refractivity contribution is 0.0730. The summed E-state index contributed by atoms with van der Waals surface area (Å²) < 4.78 is 12.6. The molecule has 30 heavy (non-hydrogen) atoms. The van der Waals surface area contributed by atoms with Gasteiger partial charge in [0.15, 0.2) is 17.3 Å². The van der Waals surface area contributed by atoms with Crippen molar-refractivity contribution < 1.29 is 14.1 Å². The number of carbonyl (C=O) groups excluding carboxylic acids is 1. The first-order valence-corrected chi connectivity index (χ1v) is 10.0. The predicted octanol–water partition coefficient (Wildman–Crippen LogP) is 2.96. The van der Waals surface area contributed by atoms with Gasteiger partial charge in [-0.05, 0) is 18.9 Å². The van der Waals surface area contributed by atoms with Crippen molar-refractivity contribution in [1.82, 2.24) is 19.6 Å². The van der Waals surface area contributed by atoms with Gasteiger partial charge in [-0.15, -0.1) is 0 Å². The Kier molecular flexibility index (Phi) is 7.00. The Labute approximate surface area is 175 Å². The largest absolute Gasteiger partial charge is 0.483 e. The van der Waals surface area contributed by atoms with Crippen LogP contribution in [0.1, 0.15) is 48.0 Å². The van der Waals surface area contributed by atoms with Crippen LogP contribution in [0.25, 0.3) is 0 Å². The van der Waals surface area contributed by atoms with E-state index in [1.165, 1.54) is 6.07 Å². The van der Waals surface area contributed by atoms with Crippen LogP contribution in [0.2, 0.25) is 0 Å². The number of pyridine rings is 1. The second kappa shape index (κ2) is 9.87. The van der Waals surface area contributed by atoms with Gasteiger partial charge in [0.25, 0.3) is 5.91 Å². The van der Waals surface area contributed by atoms with Gasteiger partial charge in [0, 0.05) is 32.3 Å². The fraction of sp³-hybridized carbons (Fsp3) is 0.364. The van der Waals surface area contributed by atoms with Crippen molar-refractivity contribution in [1.29, 1.82) is 0 Å². The van der Waals surface area contributed by atoms with E-state index >= 15 is 0 Å². The van der Waals surface area contributed by atoms with Crippen LogP contribution in [0.5, 0.6) is 5.75 Å². The van der Waals surface area contributed by atoms with Crippen molar-refractivity contribution in [2.75, 3.05) is 6.54 Å². The molecule has 3 rings (SSSR count). The number of hydrogen-bond donors (Lipinski definition) is 0. The maximum atomic E-state index is 13.3. The molecule has 0 aliphatic heterocycles. The normalized spacial score (nSPS) is 10.8. The van der Waals surface area contributed by atoms with Crippen molar-refractivity contribution in [3.63, 3.8) is 0 Å². The van der Waals surface area contributed by atoms with Gasteiger partial charge in [-0.25, -0.2) is 0 Å². The lowest BCUT2D eigenvalue weighted by Crippen LogP contribution is -2.34. The highest BCUT2D eigenvalue weighted by Crippen LogP contribution is 2.18. The van der Waals surface area contributed by atoms with E-state index in [0.29, 0.717) is 24.7 Å². The molecule has 0 unspecified atom stereocenters. The summed E-state index contributed by atoms with van der Waals surface area (Å²) in [4.78, 5) is 31.7. The van der Waals surface area contributed by atoms with Crippen LogP contribution in [0.3, 0.4) is 0 Å². The maximum Gasteiger partial charge on any atom is 0.274 e. The van der Waals surface area contributed by atoms with Gasteiger partial charge in [0.1, 0.15) is 6.61 Å². The summed E-state index contributed by atoms with van der Waals surface area (Å²) in [5, 5.41) is 3.96. The van der Waals surface area contributed by atoms with Gasteiger partial charge in [-0.1, -0.05) is 42.4 Å². The van der Waals surface area contributed by atoms with Gasteiger partial charge >= 0.3 is 0 Å². The van der Waals surface area contributed by atoms with Crippen LogP contribution < -0.4 is 10.2 Å². The van der Waals surface area contributed by atoms with Crippen molar-refractivity contribution >= 4 is 5.91 Å². The molecule has 0 saturated heterocycles. The molecule has 3 aromatic rings. The van der Waals surface area contributed by atoms with Crippen LogP contribution in [0.15, 0.2) is 51.9 Å². The molecular weight excluding hydrogens is 384 g/mol. The van der Waals surface area contributed by atoms with E-state index in [4.69, 9.17) is 9.26 Å². The Bertz CT molecular complexity index is 1040. The number of nitrogens with zero attached hydrogens (tertiary/aromatic N) is 4. The standard InChI is InChI=1S/C22H26N4O4/c1-4-9-19-23-18(24-30-19)14-26(5-2)22(28)20-21(17(27)12-13-25(20)3)29-15-16-10-7-6-8-11-16/h6-8,10-13H,4-5,9,14-15H2,1-3H3. The monoisotopic (exact) mass is 410 g/mol. The first kappa shape index (κ1) is 21.3. The Morgan fingerprint density at radius 1 is 1.20 bits per heavy atom. The zero-order valence-corrected chi connectivity index (χ0v) is 17.5. The SMILES string of the molecule is CCCc1nc(CN(CC)C(=O)c2c(OCc3ccccc3)c(=O)ccn2C)no1. The zero-order chi connectivity index (χ0) is 21.5. The fourth-order valence-electron chi connectivity index (χ4n) is 3.04. The van der Waals surface area contributed by atoms with Gasteiger partial charge < -0.3 is 18.7 Å². The molecule has 2 aromatic heterocycles. The minimum atomic E-state index is -0.340. The average Bonchev–Trinajstić information content (AvgIpc) is 3.20. The minimum absolute atomic E-state index is 0.0343. The molecule has 0 atom stereocenters. The van der Waals surface area contributed by atoms with Gasteiger partial charge in [0.05, 0.1) is 6.54 Å². The van der Waals surface area contributed by atoms with E-state index in [1.54, 1.807) is 22.7 Å². The third-order valence-electron chi connectivity index (χ3n) is 4.64. The zero-order valence-electron chi connectivity index (χ0n) is 17.5. The van der Waals surface area contributed by atoms with Crippen molar-refractivity contribution in [3.05, 3.63) is 75.8 Å². The third kappa shape index (κ3) is 4.94. The molecule has 0 saturated carbocycles. The summed E-state index contributed by atoms with van der Waals surface area (Å²) in [6, 6.07) is 10.9. The quantitative estimate of drug-likeness (QED) is 0.539. The molecule has 0 fully saturated rings. The molecule has 1 amide bonds. The molecule has 2 heterocycles. The molecule has 158 valence electrons. The van der Waals surface area contributed by atoms with E-state index < -0.39 is 0 Å². The lowest BCUT2D eigenvalue weighted by Gasteiger charge is -2.22. The van der Waals surface area contributed by atoms with E-state index in [-0.39, 0.29) is 35.9 Å². The molecule has 0 bridgehead atoms. The van der Waals surface area contributed by atoms with Gasteiger partial charge in [-0.3, -0.25) is 9.59 Å². The van der Waals surface area contributed by atoms with Crippen LogP contribution in [0, 0.1) is 0 Å². The van der Waals surface area contributed by atoms with Crippen LogP contribution in [0.4, 0.5) is 0 Å². The average molecular weight is 410 g/mol. The Morgan fingerprint density at radius 2 is 1.97 bits per heavy atom. The lowest BCUT2D eigenvalue weighted by atomic mass is 10.2. The Balaban J connectivity index is 1.85. The molecule has 8 heteroatoms.